The Balaban J connectivity index is 2.37. The number of hydrogen-bond acceptors (Lipinski definition) is 4. The van der Waals surface area contributed by atoms with Crippen molar-refractivity contribution in [3.8, 4) is 5.75 Å². The maximum atomic E-state index is 12.7. The number of rotatable bonds is 6. The molecule has 1 unspecified atom stereocenters. The summed E-state index contributed by atoms with van der Waals surface area (Å²) >= 11 is 0. The lowest BCUT2D eigenvalue weighted by Gasteiger charge is -2.15. The fourth-order valence-electron chi connectivity index (χ4n) is 2.19. The van der Waals surface area contributed by atoms with E-state index in [9.17, 15) is 9.59 Å². The van der Waals surface area contributed by atoms with Gasteiger partial charge in [-0.1, -0.05) is 42.5 Å². The molecule has 0 N–H and O–H groups in total. The van der Waals surface area contributed by atoms with Crippen molar-refractivity contribution in [1.82, 2.24) is 0 Å². The fourth-order valence-corrected chi connectivity index (χ4v) is 2.19. The zero-order valence-corrected chi connectivity index (χ0v) is 12.6. The molecule has 0 aliphatic heterocycles. The van der Waals surface area contributed by atoms with Crippen LogP contribution in [0.15, 0.2) is 54.6 Å². The molecule has 2 aromatic carbocycles. The molecule has 2 rings (SSSR count). The van der Waals surface area contributed by atoms with E-state index in [1.54, 1.807) is 62.6 Å². The number of esters is 1. The topological polar surface area (TPSA) is 52.6 Å². The molecule has 0 aromatic heterocycles. The Morgan fingerprint density at radius 2 is 1.64 bits per heavy atom. The molecule has 114 valence electrons. The van der Waals surface area contributed by atoms with Crippen molar-refractivity contribution < 1.29 is 19.1 Å². The molecule has 4 heteroatoms. The van der Waals surface area contributed by atoms with Crippen molar-refractivity contribution in [2.24, 2.45) is 0 Å². The van der Waals surface area contributed by atoms with Crippen LogP contribution in [0.1, 0.15) is 28.8 Å². The Hall–Kier alpha value is -2.62. The highest BCUT2D eigenvalue weighted by Crippen LogP contribution is 2.25. The van der Waals surface area contributed by atoms with Crippen molar-refractivity contribution >= 4 is 11.8 Å². The number of methoxy groups -OCH3 is 1. The third kappa shape index (κ3) is 3.52. The first-order valence-corrected chi connectivity index (χ1v) is 7.07. The van der Waals surface area contributed by atoms with E-state index in [1.807, 2.05) is 6.07 Å². The average Bonchev–Trinajstić information content (AvgIpc) is 2.56. The Bertz CT molecular complexity index is 632. The van der Waals surface area contributed by atoms with Crippen molar-refractivity contribution in [2.45, 2.75) is 12.8 Å². The van der Waals surface area contributed by atoms with Gasteiger partial charge in [0.1, 0.15) is 11.7 Å². The maximum Gasteiger partial charge on any atom is 0.321 e. The molecular weight excluding hydrogens is 280 g/mol. The lowest BCUT2D eigenvalue weighted by molar-refractivity contribution is -0.143. The van der Waals surface area contributed by atoms with Crippen LogP contribution >= 0.6 is 0 Å². The fraction of sp³-hybridized carbons (Fsp3) is 0.222. The van der Waals surface area contributed by atoms with Crippen LogP contribution in [0.4, 0.5) is 0 Å². The summed E-state index contributed by atoms with van der Waals surface area (Å²) in [7, 11) is 1.56. The van der Waals surface area contributed by atoms with Gasteiger partial charge in [-0.25, -0.2) is 0 Å². The number of benzene rings is 2. The van der Waals surface area contributed by atoms with E-state index in [-0.39, 0.29) is 12.4 Å². The molecule has 0 spiro atoms. The molecule has 4 nitrogen and oxygen atoms in total. The summed E-state index contributed by atoms with van der Waals surface area (Å²) in [6.07, 6.45) is 0. The summed E-state index contributed by atoms with van der Waals surface area (Å²) in [6.45, 7) is 1.95. The third-order valence-corrected chi connectivity index (χ3v) is 3.29. The monoisotopic (exact) mass is 298 g/mol. The molecule has 1 atom stereocenters. The average molecular weight is 298 g/mol. The molecule has 0 fully saturated rings. The summed E-state index contributed by atoms with van der Waals surface area (Å²) in [6, 6.07) is 15.6. The first-order chi connectivity index (χ1) is 10.7. The summed E-state index contributed by atoms with van der Waals surface area (Å²) in [5.41, 5.74) is 1.07. The van der Waals surface area contributed by atoms with Crippen LogP contribution in [0.3, 0.4) is 0 Å². The van der Waals surface area contributed by atoms with Crippen molar-refractivity contribution in [2.75, 3.05) is 13.7 Å². The highest BCUT2D eigenvalue weighted by atomic mass is 16.5. The third-order valence-electron chi connectivity index (χ3n) is 3.29. The SMILES string of the molecule is CCOC(=O)C(C(=O)c1ccccc1)c1ccc(OC)cc1. The van der Waals surface area contributed by atoms with Crippen molar-refractivity contribution in [1.29, 1.82) is 0 Å². The van der Waals surface area contributed by atoms with Crippen molar-refractivity contribution in [3.63, 3.8) is 0 Å². The summed E-state index contributed by atoms with van der Waals surface area (Å²) < 4.78 is 10.2. The molecule has 0 amide bonds. The van der Waals surface area contributed by atoms with E-state index in [4.69, 9.17) is 9.47 Å². The van der Waals surface area contributed by atoms with Gasteiger partial charge in [0.15, 0.2) is 5.78 Å². The standard InChI is InChI=1S/C18H18O4/c1-3-22-18(20)16(13-9-11-15(21-2)12-10-13)17(19)14-7-5-4-6-8-14/h4-12,16H,3H2,1-2H3. The van der Waals surface area contributed by atoms with Gasteiger partial charge in [-0.2, -0.15) is 0 Å². The first-order valence-electron chi connectivity index (χ1n) is 7.07. The lowest BCUT2D eigenvalue weighted by atomic mass is 9.90. The number of Topliss-reactive ketones (excluding diaryl/α,β-unsaturated/α-hetero) is 1. The van der Waals surface area contributed by atoms with Crippen LogP contribution < -0.4 is 4.74 Å². The Morgan fingerprint density at radius 3 is 2.18 bits per heavy atom. The largest absolute Gasteiger partial charge is 0.497 e. The zero-order valence-electron chi connectivity index (χ0n) is 12.6. The van der Waals surface area contributed by atoms with Gasteiger partial charge < -0.3 is 9.47 Å². The minimum absolute atomic E-state index is 0.230. The summed E-state index contributed by atoms with van der Waals surface area (Å²) in [5, 5.41) is 0. The summed E-state index contributed by atoms with van der Waals surface area (Å²) in [4.78, 5) is 24.9. The Kier molecular flexibility index (Phi) is 5.31. The van der Waals surface area contributed by atoms with Gasteiger partial charge >= 0.3 is 5.97 Å². The predicted molar refractivity (Wildman–Crippen MR) is 83.1 cm³/mol. The molecule has 0 radical (unpaired) electrons. The highest BCUT2D eigenvalue weighted by Gasteiger charge is 2.30. The van der Waals surface area contributed by atoms with E-state index in [2.05, 4.69) is 0 Å². The summed E-state index contributed by atoms with van der Waals surface area (Å²) in [5.74, 6) is -1.11. The van der Waals surface area contributed by atoms with Gasteiger partial charge in [0.25, 0.3) is 0 Å². The zero-order chi connectivity index (χ0) is 15.9. The molecular formula is C18H18O4. The van der Waals surface area contributed by atoms with E-state index in [1.165, 1.54) is 0 Å². The lowest BCUT2D eigenvalue weighted by Crippen LogP contribution is -2.24. The minimum Gasteiger partial charge on any atom is -0.497 e. The smallest absolute Gasteiger partial charge is 0.321 e. The van der Waals surface area contributed by atoms with Crippen LogP contribution in [0.25, 0.3) is 0 Å². The molecule has 22 heavy (non-hydrogen) atoms. The predicted octanol–water partition coefficient (Wildman–Crippen LogP) is 3.22. The van der Waals surface area contributed by atoms with Gasteiger partial charge in [0, 0.05) is 5.56 Å². The quantitative estimate of drug-likeness (QED) is 0.467. The van der Waals surface area contributed by atoms with Gasteiger partial charge in [0.05, 0.1) is 13.7 Å². The van der Waals surface area contributed by atoms with E-state index in [0.29, 0.717) is 16.9 Å². The van der Waals surface area contributed by atoms with E-state index >= 15 is 0 Å². The Morgan fingerprint density at radius 1 is 1.00 bits per heavy atom. The van der Waals surface area contributed by atoms with Gasteiger partial charge in [0.2, 0.25) is 0 Å². The second-order valence-electron chi connectivity index (χ2n) is 4.69. The van der Waals surface area contributed by atoms with Gasteiger partial charge in [-0.05, 0) is 24.6 Å². The number of carbonyl (C=O) groups excluding carboxylic acids is 2. The molecule has 0 saturated heterocycles. The number of ether oxygens (including phenoxy) is 2. The minimum atomic E-state index is -0.965. The molecule has 0 saturated carbocycles. The second-order valence-corrected chi connectivity index (χ2v) is 4.69. The molecule has 0 aliphatic carbocycles. The normalized spacial score (nSPS) is 11.5. The van der Waals surface area contributed by atoms with Gasteiger partial charge in [-0.15, -0.1) is 0 Å². The highest BCUT2D eigenvalue weighted by molar-refractivity contribution is 6.12. The molecule has 0 aliphatic rings. The number of carbonyl (C=O) groups is 2. The maximum absolute atomic E-state index is 12.7. The van der Waals surface area contributed by atoms with Crippen molar-refractivity contribution in [3.05, 3.63) is 65.7 Å². The Labute approximate surface area is 129 Å². The van der Waals surface area contributed by atoms with Crippen LogP contribution in [0.2, 0.25) is 0 Å². The van der Waals surface area contributed by atoms with Crippen LogP contribution in [0, 0.1) is 0 Å². The second kappa shape index (κ2) is 7.41. The van der Waals surface area contributed by atoms with E-state index < -0.39 is 11.9 Å². The molecule has 0 bridgehead atoms. The molecule has 0 heterocycles. The van der Waals surface area contributed by atoms with Crippen LogP contribution in [-0.4, -0.2) is 25.5 Å². The van der Waals surface area contributed by atoms with Crippen LogP contribution in [0.5, 0.6) is 5.75 Å². The van der Waals surface area contributed by atoms with Crippen LogP contribution in [-0.2, 0) is 9.53 Å². The van der Waals surface area contributed by atoms with Gasteiger partial charge in [-0.3, -0.25) is 9.59 Å². The first kappa shape index (κ1) is 15.8. The molecule has 2 aromatic rings. The number of hydrogen-bond donors (Lipinski definition) is 0. The number of ketones is 1. The van der Waals surface area contributed by atoms with E-state index in [0.717, 1.165) is 0 Å².